The van der Waals surface area contributed by atoms with E-state index >= 15 is 0 Å². The van der Waals surface area contributed by atoms with Crippen molar-refractivity contribution < 1.29 is 9.18 Å². The van der Waals surface area contributed by atoms with Crippen LogP contribution in [0.15, 0.2) is 23.2 Å². The zero-order valence-electron chi connectivity index (χ0n) is 10.0. The van der Waals surface area contributed by atoms with Crippen molar-refractivity contribution >= 4 is 17.7 Å². The van der Waals surface area contributed by atoms with Gasteiger partial charge in [0.05, 0.1) is 6.04 Å². The summed E-state index contributed by atoms with van der Waals surface area (Å²) in [6, 6.07) is 4.06. The van der Waals surface area contributed by atoms with Gasteiger partial charge in [0.25, 0.3) is 0 Å². The van der Waals surface area contributed by atoms with E-state index in [0.717, 1.165) is 25.7 Å². The van der Waals surface area contributed by atoms with Gasteiger partial charge in [-0.05, 0) is 30.9 Å². The molecule has 1 atom stereocenters. The van der Waals surface area contributed by atoms with Crippen molar-refractivity contribution in [3.05, 3.63) is 34.6 Å². The highest BCUT2D eigenvalue weighted by Gasteiger charge is 2.28. The highest BCUT2D eigenvalue weighted by Crippen LogP contribution is 2.40. The van der Waals surface area contributed by atoms with Gasteiger partial charge in [-0.3, -0.25) is 0 Å². The van der Waals surface area contributed by atoms with Gasteiger partial charge in [0.2, 0.25) is 6.08 Å². The van der Waals surface area contributed by atoms with E-state index in [4.69, 9.17) is 11.6 Å². The van der Waals surface area contributed by atoms with Crippen LogP contribution in [0.1, 0.15) is 43.7 Å². The number of rotatable bonds is 3. The zero-order chi connectivity index (χ0) is 13.0. The molecule has 0 heterocycles. The molecule has 1 aromatic carbocycles. The average molecular weight is 268 g/mol. The van der Waals surface area contributed by atoms with Crippen molar-refractivity contribution in [2.45, 2.75) is 38.1 Å². The quantitative estimate of drug-likeness (QED) is 0.588. The van der Waals surface area contributed by atoms with Gasteiger partial charge in [-0.25, -0.2) is 9.18 Å². The van der Waals surface area contributed by atoms with Crippen LogP contribution in [0, 0.1) is 11.7 Å². The number of aliphatic imine (C=N–C) groups is 1. The third-order valence-corrected chi connectivity index (χ3v) is 3.91. The van der Waals surface area contributed by atoms with E-state index in [-0.39, 0.29) is 5.92 Å². The number of hydrogen-bond donors (Lipinski definition) is 0. The average Bonchev–Trinajstić information content (AvgIpc) is 2.38. The Morgan fingerprint density at radius 1 is 1.33 bits per heavy atom. The summed E-state index contributed by atoms with van der Waals surface area (Å²) in [6.07, 6.45) is 6.88. The van der Waals surface area contributed by atoms with Crippen molar-refractivity contribution in [3.8, 4) is 0 Å². The lowest BCUT2D eigenvalue weighted by Crippen LogP contribution is -2.16. The highest BCUT2D eigenvalue weighted by molar-refractivity contribution is 6.31. The van der Waals surface area contributed by atoms with Gasteiger partial charge in [0.15, 0.2) is 0 Å². The van der Waals surface area contributed by atoms with E-state index < -0.39 is 11.9 Å². The fourth-order valence-electron chi connectivity index (χ4n) is 2.71. The molecule has 1 aromatic rings. The molecule has 0 aliphatic heterocycles. The Balaban J connectivity index is 2.37. The van der Waals surface area contributed by atoms with Crippen LogP contribution < -0.4 is 0 Å². The Labute approximate surface area is 111 Å². The summed E-state index contributed by atoms with van der Waals surface area (Å²) in [5.74, 6) is -0.202. The molecule has 1 aliphatic carbocycles. The van der Waals surface area contributed by atoms with E-state index in [9.17, 15) is 9.18 Å². The van der Waals surface area contributed by atoms with Crippen LogP contribution in [0.5, 0.6) is 0 Å². The summed E-state index contributed by atoms with van der Waals surface area (Å²) in [5.41, 5.74) is 0.342. The third kappa shape index (κ3) is 2.80. The molecule has 0 saturated heterocycles. The maximum absolute atomic E-state index is 13.9. The second kappa shape index (κ2) is 6.12. The molecule has 0 aromatic heterocycles. The summed E-state index contributed by atoms with van der Waals surface area (Å²) in [4.78, 5) is 14.4. The Morgan fingerprint density at radius 3 is 2.67 bits per heavy atom. The molecule has 1 fully saturated rings. The van der Waals surface area contributed by atoms with Crippen LogP contribution in [0.25, 0.3) is 0 Å². The number of isocyanates is 1. The first-order valence-corrected chi connectivity index (χ1v) is 6.62. The maximum atomic E-state index is 13.9. The summed E-state index contributed by atoms with van der Waals surface area (Å²) in [5, 5.41) is 0.338. The molecule has 0 amide bonds. The van der Waals surface area contributed by atoms with E-state index in [1.807, 2.05) is 0 Å². The van der Waals surface area contributed by atoms with Crippen molar-refractivity contribution in [3.63, 3.8) is 0 Å². The normalized spacial score (nSPS) is 18.1. The molecule has 0 bridgehead atoms. The predicted molar refractivity (Wildman–Crippen MR) is 68.8 cm³/mol. The van der Waals surface area contributed by atoms with Gasteiger partial charge in [-0.1, -0.05) is 36.9 Å². The molecule has 2 nitrogen and oxygen atoms in total. The Morgan fingerprint density at radius 2 is 2.06 bits per heavy atom. The molecule has 0 spiro atoms. The second-order valence-corrected chi connectivity index (χ2v) is 5.11. The first-order chi connectivity index (χ1) is 8.74. The first kappa shape index (κ1) is 13.3. The van der Waals surface area contributed by atoms with E-state index in [1.165, 1.54) is 12.5 Å². The number of benzene rings is 1. The van der Waals surface area contributed by atoms with Crippen molar-refractivity contribution in [2.75, 3.05) is 0 Å². The van der Waals surface area contributed by atoms with Crippen molar-refractivity contribution in [1.82, 2.24) is 0 Å². The lowest BCUT2D eigenvalue weighted by molar-refractivity contribution is 0.304. The fraction of sp³-hybridized carbons (Fsp3) is 0.500. The molecule has 0 radical (unpaired) electrons. The molecule has 2 rings (SSSR count). The van der Waals surface area contributed by atoms with Gasteiger partial charge >= 0.3 is 0 Å². The topological polar surface area (TPSA) is 29.4 Å². The Hall–Kier alpha value is -1.18. The molecular weight excluding hydrogens is 253 g/mol. The first-order valence-electron chi connectivity index (χ1n) is 6.25. The summed E-state index contributed by atoms with van der Waals surface area (Å²) in [7, 11) is 0. The number of nitrogens with zero attached hydrogens (tertiary/aromatic N) is 1. The van der Waals surface area contributed by atoms with Crippen LogP contribution >= 0.6 is 11.6 Å². The minimum absolute atomic E-state index is 0.189. The van der Waals surface area contributed by atoms with Gasteiger partial charge < -0.3 is 0 Å². The predicted octanol–water partition coefficient (Wildman–Crippen LogP) is 4.44. The zero-order valence-corrected chi connectivity index (χ0v) is 10.8. The third-order valence-electron chi connectivity index (χ3n) is 3.58. The van der Waals surface area contributed by atoms with Crippen LogP contribution in [-0.2, 0) is 4.79 Å². The van der Waals surface area contributed by atoms with Crippen LogP contribution in [0.4, 0.5) is 4.39 Å². The molecule has 1 unspecified atom stereocenters. The minimum atomic E-state index is -0.489. The summed E-state index contributed by atoms with van der Waals surface area (Å²) in [6.45, 7) is 0. The van der Waals surface area contributed by atoms with Gasteiger partial charge in [0, 0.05) is 10.6 Å². The summed E-state index contributed by atoms with van der Waals surface area (Å²) < 4.78 is 13.9. The lowest BCUT2D eigenvalue weighted by Gasteiger charge is -2.27. The molecule has 4 heteroatoms. The Bertz CT molecular complexity index is 445. The fourth-order valence-corrected chi connectivity index (χ4v) is 2.98. The van der Waals surface area contributed by atoms with Gasteiger partial charge in [-0.2, -0.15) is 4.99 Å². The molecule has 1 aliphatic rings. The van der Waals surface area contributed by atoms with Crippen molar-refractivity contribution in [1.29, 1.82) is 0 Å². The van der Waals surface area contributed by atoms with Gasteiger partial charge in [-0.15, -0.1) is 0 Å². The standard InChI is InChI=1S/C14H15ClFNO/c15-11-7-4-8-12(16)13(11)14(17-9-18)10-5-2-1-3-6-10/h4,7-8,10,14H,1-3,5-6H2. The molecule has 1 saturated carbocycles. The molecular formula is C14H15ClFNO. The smallest absolute Gasteiger partial charge is 0.211 e. The van der Waals surface area contributed by atoms with E-state index in [0.29, 0.717) is 10.6 Å². The van der Waals surface area contributed by atoms with Gasteiger partial charge in [0.1, 0.15) is 5.82 Å². The maximum Gasteiger partial charge on any atom is 0.235 e. The number of hydrogen-bond acceptors (Lipinski definition) is 2. The second-order valence-electron chi connectivity index (χ2n) is 4.70. The number of carbonyl (C=O) groups excluding carboxylic acids is 1. The van der Waals surface area contributed by atoms with Crippen LogP contribution in [0.3, 0.4) is 0 Å². The van der Waals surface area contributed by atoms with Crippen LogP contribution in [0.2, 0.25) is 5.02 Å². The summed E-state index contributed by atoms with van der Waals surface area (Å²) >= 11 is 6.05. The molecule has 0 N–H and O–H groups in total. The lowest BCUT2D eigenvalue weighted by atomic mass is 9.81. The van der Waals surface area contributed by atoms with E-state index in [2.05, 4.69) is 4.99 Å². The number of halogens is 2. The Kier molecular flexibility index (Phi) is 4.51. The molecule has 96 valence electrons. The highest BCUT2D eigenvalue weighted by atomic mass is 35.5. The minimum Gasteiger partial charge on any atom is -0.211 e. The van der Waals surface area contributed by atoms with Crippen molar-refractivity contribution in [2.24, 2.45) is 10.9 Å². The van der Waals surface area contributed by atoms with Crippen LogP contribution in [-0.4, -0.2) is 6.08 Å². The molecule has 18 heavy (non-hydrogen) atoms. The van der Waals surface area contributed by atoms with E-state index in [1.54, 1.807) is 18.2 Å². The monoisotopic (exact) mass is 267 g/mol. The SMILES string of the molecule is O=C=NC(c1c(F)cccc1Cl)C1CCCCC1. The largest absolute Gasteiger partial charge is 0.235 e.